The van der Waals surface area contributed by atoms with Gasteiger partial charge >= 0.3 is 0 Å². The summed E-state index contributed by atoms with van der Waals surface area (Å²) in [6.45, 7) is 2.60. The highest BCUT2D eigenvalue weighted by Gasteiger charge is 2.48. The highest BCUT2D eigenvalue weighted by molar-refractivity contribution is 5.96. The molecule has 1 aromatic heterocycles. The fraction of sp³-hybridized carbons (Fsp3) is 0.320. The van der Waals surface area contributed by atoms with Crippen LogP contribution in [0.3, 0.4) is 0 Å². The first-order valence-electron chi connectivity index (χ1n) is 11.2. The summed E-state index contributed by atoms with van der Waals surface area (Å²) in [6, 6.07) is 16.1. The van der Waals surface area contributed by atoms with Gasteiger partial charge in [0.15, 0.2) is 11.4 Å². The van der Waals surface area contributed by atoms with Crippen molar-refractivity contribution in [3.05, 3.63) is 92.9 Å². The zero-order valence-corrected chi connectivity index (χ0v) is 18.2. The quantitative estimate of drug-likeness (QED) is 0.618. The number of hydrogen-bond donors (Lipinski definition) is 1. The lowest BCUT2D eigenvalue weighted by molar-refractivity contribution is -0.0486. The number of aromatic nitrogens is 2. The van der Waals surface area contributed by atoms with Crippen LogP contribution in [0.4, 0.5) is 0 Å². The van der Waals surface area contributed by atoms with Crippen molar-refractivity contribution in [3.8, 4) is 5.75 Å². The van der Waals surface area contributed by atoms with E-state index in [0.29, 0.717) is 13.2 Å². The molecule has 1 aliphatic carbocycles. The van der Waals surface area contributed by atoms with Crippen molar-refractivity contribution in [2.75, 3.05) is 18.2 Å². The van der Waals surface area contributed by atoms with Crippen LogP contribution in [-0.2, 0) is 17.6 Å². The molecular formula is C25H24N4O4. The van der Waals surface area contributed by atoms with Crippen molar-refractivity contribution in [2.24, 2.45) is 0 Å². The van der Waals surface area contributed by atoms with Gasteiger partial charge in [-0.1, -0.05) is 48.5 Å². The first-order valence-corrected chi connectivity index (χ1v) is 11.2. The van der Waals surface area contributed by atoms with Crippen LogP contribution in [0.2, 0.25) is 0 Å². The zero-order chi connectivity index (χ0) is 22.7. The summed E-state index contributed by atoms with van der Waals surface area (Å²) in [5, 5.41) is 17.0. The van der Waals surface area contributed by atoms with Gasteiger partial charge in [-0.05, 0) is 42.0 Å². The monoisotopic (exact) mass is 444 g/mol. The number of benzene rings is 2. The lowest BCUT2D eigenvalue weighted by Crippen LogP contribution is -2.69. The van der Waals surface area contributed by atoms with Gasteiger partial charge in [0.2, 0.25) is 5.43 Å². The van der Waals surface area contributed by atoms with E-state index in [0.717, 1.165) is 30.2 Å². The van der Waals surface area contributed by atoms with Crippen molar-refractivity contribution in [2.45, 2.75) is 38.0 Å². The second-order valence-corrected chi connectivity index (χ2v) is 8.86. The predicted molar refractivity (Wildman–Crippen MR) is 121 cm³/mol. The number of aromatic hydroxyl groups is 1. The lowest BCUT2D eigenvalue weighted by atomic mass is 9.93. The molecule has 8 nitrogen and oxygen atoms in total. The molecule has 2 atom stereocenters. The molecule has 33 heavy (non-hydrogen) atoms. The molecule has 3 aliphatic rings. The van der Waals surface area contributed by atoms with Gasteiger partial charge in [-0.15, -0.1) is 0 Å². The first-order chi connectivity index (χ1) is 16.1. The summed E-state index contributed by atoms with van der Waals surface area (Å²) < 4.78 is 5.90. The minimum absolute atomic E-state index is 0.105. The molecule has 1 fully saturated rings. The van der Waals surface area contributed by atoms with Crippen LogP contribution in [-0.4, -0.2) is 51.2 Å². The van der Waals surface area contributed by atoms with Gasteiger partial charge in [-0.25, -0.2) is 0 Å². The Bertz CT molecular complexity index is 1270. The molecule has 8 heteroatoms. The summed E-state index contributed by atoms with van der Waals surface area (Å²) in [4.78, 5) is 28.9. The third-order valence-corrected chi connectivity index (χ3v) is 6.95. The van der Waals surface area contributed by atoms with E-state index >= 15 is 0 Å². The summed E-state index contributed by atoms with van der Waals surface area (Å²) in [6.07, 6.45) is 2.41. The second kappa shape index (κ2) is 7.45. The molecule has 6 rings (SSSR count). The number of ether oxygens (including phenoxy) is 1. The number of hydrogen-bond acceptors (Lipinski definition) is 6. The van der Waals surface area contributed by atoms with Gasteiger partial charge in [0.1, 0.15) is 18.4 Å². The largest absolute Gasteiger partial charge is 0.502 e. The average Bonchev–Trinajstić information content (AvgIpc) is 2.99. The standard InChI is InChI=1S/C25H24N4O4/c1-15-13-33-14-21-27(15)25(32)23-24(31)20(30)12-26-29(23)28(21)22-18-8-4-2-6-16(18)10-11-17-7-3-5-9-19(17)22/h2-9,12,15,21-22,31H,10-11,13-14H2,1H3/t15-,21+/m0/s1. The van der Waals surface area contributed by atoms with E-state index in [4.69, 9.17) is 4.74 Å². The molecule has 1 N–H and O–H groups in total. The fourth-order valence-electron chi connectivity index (χ4n) is 5.45. The van der Waals surface area contributed by atoms with Crippen LogP contribution in [0.5, 0.6) is 5.75 Å². The van der Waals surface area contributed by atoms with E-state index in [1.54, 1.807) is 4.90 Å². The number of nitrogens with zero attached hydrogens (tertiary/aromatic N) is 4. The molecule has 0 spiro atoms. The Kier molecular flexibility index (Phi) is 4.51. The number of carbonyl (C=O) groups excluding carboxylic acids is 1. The van der Waals surface area contributed by atoms with E-state index in [-0.39, 0.29) is 17.8 Å². The molecule has 1 amide bonds. The molecule has 0 unspecified atom stereocenters. The predicted octanol–water partition coefficient (Wildman–Crippen LogP) is 1.98. The Labute approximate surface area is 190 Å². The summed E-state index contributed by atoms with van der Waals surface area (Å²) >= 11 is 0. The van der Waals surface area contributed by atoms with Crippen molar-refractivity contribution < 1.29 is 14.6 Å². The molecule has 2 aromatic carbocycles. The summed E-state index contributed by atoms with van der Waals surface area (Å²) in [5.74, 6) is -0.989. The third kappa shape index (κ3) is 2.90. The molecule has 1 saturated heterocycles. The molecule has 2 aliphatic heterocycles. The summed E-state index contributed by atoms with van der Waals surface area (Å²) in [5.41, 5.74) is 3.89. The van der Waals surface area contributed by atoms with E-state index < -0.39 is 23.3 Å². The molecule has 0 bridgehead atoms. The number of carbonyl (C=O) groups is 1. The maximum Gasteiger partial charge on any atom is 0.280 e. The van der Waals surface area contributed by atoms with Gasteiger partial charge < -0.3 is 14.7 Å². The molecular weight excluding hydrogens is 420 g/mol. The zero-order valence-electron chi connectivity index (χ0n) is 18.2. The normalized spacial score (nSPS) is 22.2. The van der Waals surface area contributed by atoms with Crippen LogP contribution in [0.25, 0.3) is 0 Å². The topological polar surface area (TPSA) is 87.9 Å². The van der Waals surface area contributed by atoms with Crippen LogP contribution in [0, 0.1) is 0 Å². The third-order valence-electron chi connectivity index (χ3n) is 6.95. The van der Waals surface area contributed by atoms with Crippen LogP contribution in [0.15, 0.2) is 59.5 Å². The van der Waals surface area contributed by atoms with Gasteiger partial charge in [-0.2, -0.15) is 9.89 Å². The van der Waals surface area contributed by atoms with Crippen molar-refractivity contribution in [3.63, 3.8) is 0 Å². The minimum atomic E-state index is -0.671. The molecule has 0 radical (unpaired) electrons. The molecule has 3 aromatic rings. The molecule has 168 valence electrons. The maximum atomic E-state index is 13.5. The highest BCUT2D eigenvalue weighted by Crippen LogP contribution is 2.40. The fourth-order valence-corrected chi connectivity index (χ4v) is 5.45. The second-order valence-electron chi connectivity index (χ2n) is 8.86. The molecule has 3 heterocycles. The van der Waals surface area contributed by atoms with E-state index in [2.05, 4.69) is 29.4 Å². The van der Waals surface area contributed by atoms with Crippen molar-refractivity contribution >= 4 is 5.91 Å². The van der Waals surface area contributed by atoms with Crippen LogP contribution in [0.1, 0.15) is 45.7 Å². The number of morpholine rings is 1. The van der Waals surface area contributed by atoms with E-state index in [9.17, 15) is 14.7 Å². The first kappa shape index (κ1) is 20.0. The van der Waals surface area contributed by atoms with Gasteiger partial charge in [0, 0.05) is 0 Å². The Balaban J connectivity index is 1.66. The number of rotatable bonds is 1. The van der Waals surface area contributed by atoms with Crippen molar-refractivity contribution in [1.82, 2.24) is 14.8 Å². The minimum Gasteiger partial charge on any atom is -0.502 e. The van der Waals surface area contributed by atoms with E-state index in [1.165, 1.54) is 15.9 Å². The Morgan fingerprint density at radius 1 is 0.970 bits per heavy atom. The van der Waals surface area contributed by atoms with Crippen LogP contribution >= 0.6 is 0 Å². The maximum absolute atomic E-state index is 13.5. The van der Waals surface area contributed by atoms with E-state index in [1.807, 2.05) is 36.2 Å². The van der Waals surface area contributed by atoms with Gasteiger partial charge in [-0.3, -0.25) is 14.6 Å². The summed E-state index contributed by atoms with van der Waals surface area (Å²) in [7, 11) is 0. The molecule has 0 saturated carbocycles. The number of amides is 1. The van der Waals surface area contributed by atoms with Crippen molar-refractivity contribution in [1.29, 1.82) is 0 Å². The lowest BCUT2D eigenvalue weighted by Gasteiger charge is -2.52. The SMILES string of the molecule is C[C@H]1COC[C@@H]2N1C(=O)c1c(O)c(=O)cnn1N2C1c2ccccc2CCc2ccccc21. The number of fused-ring (bicyclic) bond motifs is 4. The van der Waals surface area contributed by atoms with Gasteiger partial charge in [0.25, 0.3) is 5.91 Å². The smallest absolute Gasteiger partial charge is 0.280 e. The Morgan fingerprint density at radius 3 is 2.27 bits per heavy atom. The Hall–Kier alpha value is -3.65. The Morgan fingerprint density at radius 2 is 1.61 bits per heavy atom. The highest BCUT2D eigenvalue weighted by atomic mass is 16.5. The van der Waals surface area contributed by atoms with Crippen LogP contribution < -0.4 is 10.4 Å². The van der Waals surface area contributed by atoms with Gasteiger partial charge in [0.05, 0.1) is 19.3 Å². The number of aryl methyl sites for hydroxylation is 2. The average molecular weight is 444 g/mol.